The second-order valence-electron chi connectivity index (χ2n) is 6.91. The van der Waals surface area contributed by atoms with Crippen molar-refractivity contribution in [2.45, 2.75) is 38.1 Å². The van der Waals surface area contributed by atoms with Crippen molar-refractivity contribution in [1.29, 1.82) is 0 Å². The molecule has 1 saturated carbocycles. The topological polar surface area (TPSA) is 66.6 Å². The number of amides is 2. The Bertz CT molecular complexity index is 654. The third-order valence-electron chi connectivity index (χ3n) is 5.19. The first-order valence-electron chi connectivity index (χ1n) is 8.54. The van der Waals surface area contributed by atoms with Gasteiger partial charge in [0, 0.05) is 31.7 Å². The fourth-order valence-corrected chi connectivity index (χ4v) is 3.56. The Morgan fingerprint density at radius 2 is 1.64 bits per heavy atom. The lowest BCUT2D eigenvalue weighted by Crippen LogP contribution is -2.59. The highest BCUT2D eigenvalue weighted by molar-refractivity contribution is 5.94. The van der Waals surface area contributed by atoms with Crippen LogP contribution < -0.4 is 5.73 Å². The van der Waals surface area contributed by atoms with Crippen molar-refractivity contribution in [3.05, 3.63) is 35.1 Å². The number of nitrogens with zero attached hydrogens (tertiary/aromatic N) is 2. The predicted octanol–water partition coefficient (Wildman–Crippen LogP) is 2.11. The fraction of sp³-hybridized carbons (Fsp3) is 0.556. The van der Waals surface area contributed by atoms with Crippen molar-refractivity contribution < 1.29 is 14.0 Å². The normalized spacial score (nSPS) is 19.5. The lowest BCUT2D eigenvalue weighted by molar-refractivity contribution is -0.138. The molecule has 0 aromatic heterocycles. The smallest absolute Gasteiger partial charge is 0.254 e. The van der Waals surface area contributed by atoms with E-state index in [0.29, 0.717) is 37.3 Å². The summed E-state index contributed by atoms with van der Waals surface area (Å²) in [5.74, 6) is -0.557. The zero-order chi connectivity index (χ0) is 17.3. The summed E-state index contributed by atoms with van der Waals surface area (Å²) >= 11 is 0. The minimum absolute atomic E-state index is 0. The molecule has 0 unspecified atom stereocenters. The van der Waals surface area contributed by atoms with Crippen LogP contribution in [-0.4, -0.2) is 53.3 Å². The third kappa shape index (κ3) is 3.96. The number of piperazine rings is 1. The van der Waals surface area contributed by atoms with Crippen LogP contribution in [0.4, 0.5) is 4.39 Å². The van der Waals surface area contributed by atoms with Crippen molar-refractivity contribution in [2.75, 3.05) is 26.2 Å². The molecule has 1 aromatic rings. The number of halogens is 2. The Labute approximate surface area is 153 Å². The predicted molar refractivity (Wildman–Crippen MR) is 96.3 cm³/mol. The molecular weight excluding hydrogens is 345 g/mol. The van der Waals surface area contributed by atoms with Crippen molar-refractivity contribution in [3.63, 3.8) is 0 Å². The molecule has 3 rings (SSSR count). The molecule has 2 N–H and O–H groups in total. The van der Waals surface area contributed by atoms with Gasteiger partial charge in [-0.05, 0) is 37.5 Å². The van der Waals surface area contributed by atoms with Crippen LogP contribution >= 0.6 is 12.4 Å². The van der Waals surface area contributed by atoms with Gasteiger partial charge in [-0.1, -0.05) is 18.9 Å². The molecule has 0 spiro atoms. The number of carbonyl (C=O) groups is 2. The van der Waals surface area contributed by atoms with Crippen molar-refractivity contribution in [3.8, 4) is 0 Å². The van der Waals surface area contributed by atoms with Crippen LogP contribution in [0.15, 0.2) is 18.2 Å². The van der Waals surface area contributed by atoms with E-state index < -0.39 is 5.54 Å². The second kappa shape index (κ2) is 7.70. The van der Waals surface area contributed by atoms with Crippen molar-refractivity contribution in [1.82, 2.24) is 9.80 Å². The van der Waals surface area contributed by atoms with E-state index in [2.05, 4.69) is 0 Å². The first kappa shape index (κ1) is 19.7. The van der Waals surface area contributed by atoms with Crippen LogP contribution in [-0.2, 0) is 4.79 Å². The van der Waals surface area contributed by atoms with E-state index in [1.165, 1.54) is 6.07 Å². The van der Waals surface area contributed by atoms with Crippen molar-refractivity contribution >= 4 is 24.2 Å². The minimum atomic E-state index is -0.716. The quantitative estimate of drug-likeness (QED) is 0.868. The molecule has 2 fully saturated rings. The van der Waals surface area contributed by atoms with Gasteiger partial charge < -0.3 is 15.5 Å². The standard InChI is InChI=1S/C18H24FN3O2.ClH/c1-13-4-5-14(12-15(13)19)16(23)21-8-10-22(11-9-21)17(24)18(20)6-2-3-7-18;/h4-5,12H,2-3,6-11,20H2,1H3;1H. The largest absolute Gasteiger partial charge is 0.338 e. The van der Waals surface area contributed by atoms with Gasteiger partial charge >= 0.3 is 0 Å². The number of hydrogen-bond donors (Lipinski definition) is 1. The van der Waals surface area contributed by atoms with Crippen LogP contribution in [0, 0.1) is 12.7 Å². The lowest BCUT2D eigenvalue weighted by Gasteiger charge is -2.38. The molecule has 1 heterocycles. The number of benzene rings is 1. The molecule has 0 bridgehead atoms. The lowest BCUT2D eigenvalue weighted by atomic mass is 9.97. The second-order valence-corrected chi connectivity index (χ2v) is 6.91. The average Bonchev–Trinajstić information content (AvgIpc) is 3.04. The van der Waals surface area contributed by atoms with Gasteiger partial charge in [-0.2, -0.15) is 0 Å². The van der Waals surface area contributed by atoms with E-state index in [1.54, 1.807) is 28.9 Å². The number of carbonyl (C=O) groups excluding carboxylic acids is 2. The van der Waals surface area contributed by atoms with E-state index in [-0.39, 0.29) is 30.0 Å². The van der Waals surface area contributed by atoms with E-state index in [1.807, 2.05) is 0 Å². The molecule has 1 aliphatic heterocycles. The Morgan fingerprint density at radius 1 is 1.08 bits per heavy atom. The summed E-state index contributed by atoms with van der Waals surface area (Å²) < 4.78 is 13.7. The van der Waals surface area contributed by atoms with E-state index in [0.717, 1.165) is 25.7 Å². The van der Waals surface area contributed by atoms with E-state index in [4.69, 9.17) is 5.73 Å². The van der Waals surface area contributed by atoms with Gasteiger partial charge in [-0.3, -0.25) is 9.59 Å². The van der Waals surface area contributed by atoms with Gasteiger partial charge in [-0.25, -0.2) is 4.39 Å². The highest BCUT2D eigenvalue weighted by Gasteiger charge is 2.40. The van der Waals surface area contributed by atoms with Crippen LogP contribution in [0.5, 0.6) is 0 Å². The maximum absolute atomic E-state index is 13.7. The fourth-order valence-electron chi connectivity index (χ4n) is 3.56. The van der Waals surface area contributed by atoms with Gasteiger partial charge in [-0.15, -0.1) is 12.4 Å². The highest BCUT2D eigenvalue weighted by Crippen LogP contribution is 2.29. The highest BCUT2D eigenvalue weighted by atomic mass is 35.5. The molecule has 5 nitrogen and oxygen atoms in total. The van der Waals surface area contributed by atoms with Crippen LogP contribution in [0.25, 0.3) is 0 Å². The summed E-state index contributed by atoms with van der Waals surface area (Å²) in [5.41, 5.74) is 6.39. The molecule has 0 atom stereocenters. The Kier molecular flexibility index (Phi) is 6.06. The van der Waals surface area contributed by atoms with Gasteiger partial charge in [0.1, 0.15) is 5.82 Å². The maximum Gasteiger partial charge on any atom is 0.254 e. The molecule has 7 heteroatoms. The molecule has 1 saturated heterocycles. The average molecular weight is 370 g/mol. The monoisotopic (exact) mass is 369 g/mol. The van der Waals surface area contributed by atoms with Gasteiger partial charge in [0.05, 0.1) is 5.54 Å². The molecular formula is C18H25ClFN3O2. The summed E-state index contributed by atoms with van der Waals surface area (Å²) in [6.45, 7) is 3.54. The minimum Gasteiger partial charge on any atom is -0.338 e. The summed E-state index contributed by atoms with van der Waals surface area (Å²) in [6, 6.07) is 4.54. The summed E-state index contributed by atoms with van der Waals surface area (Å²) in [6.07, 6.45) is 3.49. The number of hydrogen-bond acceptors (Lipinski definition) is 3. The van der Waals surface area contributed by atoms with Gasteiger partial charge in [0.25, 0.3) is 5.91 Å². The molecule has 0 radical (unpaired) electrons. The van der Waals surface area contributed by atoms with E-state index >= 15 is 0 Å². The van der Waals surface area contributed by atoms with E-state index in [9.17, 15) is 14.0 Å². The number of rotatable bonds is 2. The number of nitrogens with two attached hydrogens (primary N) is 1. The zero-order valence-electron chi connectivity index (χ0n) is 14.5. The summed E-state index contributed by atoms with van der Waals surface area (Å²) in [5, 5.41) is 0. The Balaban J connectivity index is 0.00000225. The summed E-state index contributed by atoms with van der Waals surface area (Å²) in [7, 11) is 0. The van der Waals surface area contributed by atoms with Crippen LogP contribution in [0.1, 0.15) is 41.6 Å². The molecule has 25 heavy (non-hydrogen) atoms. The number of aryl methyl sites for hydroxylation is 1. The summed E-state index contributed by atoms with van der Waals surface area (Å²) in [4.78, 5) is 28.5. The Hall–Kier alpha value is -1.66. The molecule has 1 aromatic carbocycles. The molecule has 2 amide bonds. The first-order valence-corrected chi connectivity index (χ1v) is 8.54. The van der Waals surface area contributed by atoms with Gasteiger partial charge in [0.2, 0.25) is 5.91 Å². The zero-order valence-corrected chi connectivity index (χ0v) is 15.3. The SMILES string of the molecule is Cc1ccc(C(=O)N2CCN(C(=O)C3(N)CCCC3)CC2)cc1F.Cl. The van der Waals surface area contributed by atoms with Crippen molar-refractivity contribution in [2.24, 2.45) is 5.73 Å². The van der Waals surface area contributed by atoms with Crippen LogP contribution in [0.3, 0.4) is 0 Å². The molecule has 2 aliphatic rings. The Morgan fingerprint density at radius 3 is 2.20 bits per heavy atom. The van der Waals surface area contributed by atoms with Crippen LogP contribution in [0.2, 0.25) is 0 Å². The molecule has 138 valence electrons. The van der Waals surface area contributed by atoms with Gasteiger partial charge in [0.15, 0.2) is 0 Å². The maximum atomic E-state index is 13.7. The molecule has 1 aliphatic carbocycles. The third-order valence-corrected chi connectivity index (χ3v) is 5.19. The first-order chi connectivity index (χ1) is 11.4.